The van der Waals surface area contributed by atoms with Crippen molar-refractivity contribution in [3.63, 3.8) is 0 Å². The zero-order chi connectivity index (χ0) is 12.0. The smallest absolute Gasteiger partial charge is 0.163 e. The largest absolute Gasteiger partial charge is 0.294 e. The maximum Gasteiger partial charge on any atom is 0.163 e. The van der Waals surface area contributed by atoms with Gasteiger partial charge in [-0.05, 0) is 17.9 Å². The summed E-state index contributed by atoms with van der Waals surface area (Å²) in [7, 11) is 0. The van der Waals surface area contributed by atoms with Crippen LogP contribution < -0.4 is 0 Å². The van der Waals surface area contributed by atoms with Crippen LogP contribution in [-0.2, 0) is 6.42 Å². The van der Waals surface area contributed by atoms with Crippen molar-refractivity contribution in [2.45, 2.75) is 46.5 Å². The van der Waals surface area contributed by atoms with Crippen molar-refractivity contribution in [3.8, 4) is 0 Å². The van der Waals surface area contributed by atoms with Crippen molar-refractivity contribution in [3.05, 3.63) is 35.4 Å². The monoisotopic (exact) mass is 218 g/mol. The molecule has 0 aliphatic carbocycles. The third kappa shape index (κ3) is 3.80. The molecule has 0 radical (unpaired) electrons. The average Bonchev–Trinajstić information content (AvgIpc) is 2.30. The third-order valence-electron chi connectivity index (χ3n) is 3.05. The molecule has 16 heavy (non-hydrogen) atoms. The van der Waals surface area contributed by atoms with Crippen molar-refractivity contribution >= 4 is 5.78 Å². The number of hydrogen-bond donors (Lipinski definition) is 0. The van der Waals surface area contributed by atoms with Crippen LogP contribution >= 0.6 is 0 Å². The SMILES string of the molecule is CCCc1ccc(C(=O)CC(C)CC)cc1. The van der Waals surface area contributed by atoms with Gasteiger partial charge in [0.05, 0.1) is 0 Å². The van der Waals surface area contributed by atoms with Crippen molar-refractivity contribution in [1.82, 2.24) is 0 Å². The minimum atomic E-state index is 0.275. The Morgan fingerprint density at radius 2 is 1.81 bits per heavy atom. The topological polar surface area (TPSA) is 17.1 Å². The number of hydrogen-bond acceptors (Lipinski definition) is 1. The normalized spacial score (nSPS) is 12.4. The average molecular weight is 218 g/mol. The second-order valence-corrected chi connectivity index (χ2v) is 4.59. The first kappa shape index (κ1) is 13.0. The fourth-order valence-corrected chi connectivity index (χ4v) is 1.72. The lowest BCUT2D eigenvalue weighted by Gasteiger charge is -2.07. The third-order valence-corrected chi connectivity index (χ3v) is 3.05. The molecule has 0 saturated heterocycles. The van der Waals surface area contributed by atoms with E-state index in [4.69, 9.17) is 0 Å². The predicted octanol–water partition coefficient (Wildman–Crippen LogP) is 4.26. The minimum Gasteiger partial charge on any atom is -0.294 e. The van der Waals surface area contributed by atoms with E-state index in [1.165, 1.54) is 5.56 Å². The van der Waals surface area contributed by atoms with Gasteiger partial charge in [-0.2, -0.15) is 0 Å². The highest BCUT2D eigenvalue weighted by Gasteiger charge is 2.09. The van der Waals surface area contributed by atoms with Crippen molar-refractivity contribution < 1.29 is 4.79 Å². The molecule has 0 N–H and O–H groups in total. The molecular weight excluding hydrogens is 196 g/mol. The van der Waals surface area contributed by atoms with Gasteiger partial charge in [0.25, 0.3) is 0 Å². The zero-order valence-electron chi connectivity index (χ0n) is 10.6. The lowest BCUT2D eigenvalue weighted by Crippen LogP contribution is -2.05. The van der Waals surface area contributed by atoms with Crippen LogP contribution in [-0.4, -0.2) is 5.78 Å². The molecule has 0 aliphatic rings. The Morgan fingerprint density at radius 3 is 2.31 bits per heavy atom. The lowest BCUT2D eigenvalue weighted by atomic mass is 9.97. The zero-order valence-corrected chi connectivity index (χ0v) is 10.6. The summed E-state index contributed by atoms with van der Waals surface area (Å²) in [6.45, 7) is 6.42. The number of carbonyl (C=O) groups is 1. The predicted molar refractivity (Wildman–Crippen MR) is 68.8 cm³/mol. The quantitative estimate of drug-likeness (QED) is 0.652. The molecule has 88 valence electrons. The first-order valence-corrected chi connectivity index (χ1v) is 6.29. The number of Topliss-reactive ketones (excluding diaryl/α,β-unsaturated/α-hetero) is 1. The second-order valence-electron chi connectivity index (χ2n) is 4.59. The fraction of sp³-hybridized carbons (Fsp3) is 0.533. The highest BCUT2D eigenvalue weighted by atomic mass is 16.1. The van der Waals surface area contributed by atoms with Crippen LogP contribution in [0.5, 0.6) is 0 Å². The van der Waals surface area contributed by atoms with Crippen molar-refractivity contribution in [1.29, 1.82) is 0 Å². The summed E-state index contributed by atoms with van der Waals surface area (Å²) >= 11 is 0. The maximum atomic E-state index is 11.9. The van der Waals surface area contributed by atoms with Gasteiger partial charge in [0.1, 0.15) is 0 Å². The molecule has 1 atom stereocenters. The molecule has 1 heteroatoms. The summed E-state index contributed by atoms with van der Waals surface area (Å²) in [5, 5.41) is 0. The molecule has 0 aromatic heterocycles. The number of ketones is 1. The van der Waals surface area contributed by atoms with E-state index in [9.17, 15) is 4.79 Å². The Bertz CT molecular complexity index is 324. The summed E-state index contributed by atoms with van der Waals surface area (Å²) in [4.78, 5) is 11.9. The molecule has 0 heterocycles. The van der Waals surface area contributed by atoms with Crippen LogP contribution in [0.25, 0.3) is 0 Å². The van der Waals surface area contributed by atoms with E-state index in [1.54, 1.807) is 0 Å². The number of rotatable bonds is 6. The number of aryl methyl sites for hydroxylation is 1. The van der Waals surface area contributed by atoms with Gasteiger partial charge in [0, 0.05) is 12.0 Å². The van der Waals surface area contributed by atoms with E-state index < -0.39 is 0 Å². The Kier molecular flexibility index (Phi) is 5.24. The Labute approximate surface area is 98.9 Å². The Morgan fingerprint density at radius 1 is 1.19 bits per heavy atom. The van der Waals surface area contributed by atoms with E-state index in [2.05, 4.69) is 32.9 Å². The van der Waals surface area contributed by atoms with E-state index >= 15 is 0 Å². The summed E-state index contributed by atoms with van der Waals surface area (Å²) in [6.07, 6.45) is 3.99. The van der Waals surface area contributed by atoms with Gasteiger partial charge >= 0.3 is 0 Å². The standard InChI is InChI=1S/C15H22O/c1-4-6-13-7-9-14(10-8-13)15(16)11-12(3)5-2/h7-10,12H,4-6,11H2,1-3H3. The van der Waals surface area contributed by atoms with Crippen LogP contribution in [0.1, 0.15) is 56.0 Å². The molecule has 0 amide bonds. The van der Waals surface area contributed by atoms with E-state index in [0.29, 0.717) is 12.3 Å². The highest BCUT2D eigenvalue weighted by Crippen LogP contribution is 2.13. The Balaban J connectivity index is 2.63. The fourth-order valence-electron chi connectivity index (χ4n) is 1.72. The van der Waals surface area contributed by atoms with Crippen LogP contribution in [0.4, 0.5) is 0 Å². The van der Waals surface area contributed by atoms with Crippen LogP contribution in [0, 0.1) is 5.92 Å². The van der Waals surface area contributed by atoms with Crippen molar-refractivity contribution in [2.24, 2.45) is 5.92 Å². The number of benzene rings is 1. The van der Waals surface area contributed by atoms with Gasteiger partial charge in [-0.25, -0.2) is 0 Å². The molecule has 0 bridgehead atoms. The molecule has 0 saturated carbocycles. The molecule has 1 nitrogen and oxygen atoms in total. The van der Waals surface area contributed by atoms with Gasteiger partial charge in [-0.3, -0.25) is 4.79 Å². The van der Waals surface area contributed by atoms with Crippen LogP contribution in [0.15, 0.2) is 24.3 Å². The molecule has 0 aliphatic heterocycles. The van der Waals surface area contributed by atoms with Gasteiger partial charge in [-0.15, -0.1) is 0 Å². The maximum absolute atomic E-state index is 11.9. The van der Waals surface area contributed by atoms with Gasteiger partial charge in [-0.1, -0.05) is 57.9 Å². The van der Waals surface area contributed by atoms with Crippen molar-refractivity contribution in [2.75, 3.05) is 0 Å². The van der Waals surface area contributed by atoms with E-state index in [-0.39, 0.29) is 5.78 Å². The molecule has 1 aromatic rings. The molecule has 1 rings (SSSR count). The van der Waals surface area contributed by atoms with E-state index in [0.717, 1.165) is 24.8 Å². The minimum absolute atomic E-state index is 0.275. The first-order chi connectivity index (χ1) is 7.67. The molecule has 1 aromatic carbocycles. The number of carbonyl (C=O) groups excluding carboxylic acids is 1. The molecule has 1 unspecified atom stereocenters. The van der Waals surface area contributed by atoms with Gasteiger partial charge in [0.15, 0.2) is 5.78 Å². The summed E-state index contributed by atoms with van der Waals surface area (Å²) < 4.78 is 0. The summed E-state index contributed by atoms with van der Waals surface area (Å²) in [6, 6.07) is 8.09. The summed E-state index contributed by atoms with van der Waals surface area (Å²) in [5.41, 5.74) is 2.18. The van der Waals surface area contributed by atoms with E-state index in [1.807, 2.05) is 12.1 Å². The lowest BCUT2D eigenvalue weighted by molar-refractivity contribution is 0.0963. The first-order valence-electron chi connectivity index (χ1n) is 6.29. The van der Waals surface area contributed by atoms with Gasteiger partial charge < -0.3 is 0 Å². The Hall–Kier alpha value is -1.11. The van der Waals surface area contributed by atoms with Crippen LogP contribution in [0.2, 0.25) is 0 Å². The molecule has 0 spiro atoms. The van der Waals surface area contributed by atoms with Gasteiger partial charge in [0.2, 0.25) is 0 Å². The molecular formula is C15H22O. The second kappa shape index (κ2) is 6.47. The molecule has 0 fully saturated rings. The summed E-state index contributed by atoms with van der Waals surface area (Å²) in [5.74, 6) is 0.764. The highest BCUT2D eigenvalue weighted by molar-refractivity contribution is 5.96. The van der Waals surface area contributed by atoms with Crippen LogP contribution in [0.3, 0.4) is 0 Å².